The van der Waals surface area contributed by atoms with Crippen molar-refractivity contribution in [2.24, 2.45) is 5.92 Å². The fourth-order valence-corrected chi connectivity index (χ4v) is 5.68. The Morgan fingerprint density at radius 3 is 2.54 bits per heavy atom. The predicted molar refractivity (Wildman–Crippen MR) is 94.8 cm³/mol. The molecule has 2 heterocycles. The van der Waals surface area contributed by atoms with E-state index in [2.05, 4.69) is 6.92 Å². The first-order valence-electron chi connectivity index (χ1n) is 8.50. The van der Waals surface area contributed by atoms with E-state index in [1.807, 2.05) is 20.8 Å². The summed E-state index contributed by atoms with van der Waals surface area (Å²) in [7, 11) is -1.77. The van der Waals surface area contributed by atoms with Crippen molar-refractivity contribution in [1.82, 2.24) is 4.31 Å². The number of carbonyl (C=O) groups is 1. The molecule has 6 heteroatoms. The number of benzene rings is 1. The summed E-state index contributed by atoms with van der Waals surface area (Å²) in [6, 6.07) is 3.41. The standard InChI is InChI=1S/C18H26N2O3S/c1-12-7-6-8-20(11-12)24(22,23)14-9-13(2)16-15(10-14)18(3,4)17(21)19(16)5/h9-10,12H,6-8,11H2,1-5H3. The van der Waals surface area contributed by atoms with Crippen molar-refractivity contribution in [3.8, 4) is 0 Å². The van der Waals surface area contributed by atoms with Crippen LogP contribution >= 0.6 is 0 Å². The molecule has 3 rings (SSSR count). The van der Waals surface area contributed by atoms with Gasteiger partial charge in [0.25, 0.3) is 0 Å². The zero-order valence-electron chi connectivity index (χ0n) is 15.1. The van der Waals surface area contributed by atoms with Gasteiger partial charge in [-0.15, -0.1) is 0 Å². The highest BCUT2D eigenvalue weighted by Gasteiger charge is 2.44. The number of aryl methyl sites for hydroxylation is 1. The maximum atomic E-state index is 13.1. The fourth-order valence-electron chi connectivity index (χ4n) is 3.97. The highest BCUT2D eigenvalue weighted by molar-refractivity contribution is 7.89. The third-order valence-electron chi connectivity index (χ3n) is 5.38. The first-order chi connectivity index (χ1) is 11.1. The second-order valence-corrected chi connectivity index (χ2v) is 9.67. The Labute approximate surface area is 144 Å². The lowest BCUT2D eigenvalue weighted by Crippen LogP contribution is -2.39. The normalized spacial score (nSPS) is 24.3. The van der Waals surface area contributed by atoms with Crippen LogP contribution in [0.3, 0.4) is 0 Å². The van der Waals surface area contributed by atoms with E-state index < -0.39 is 15.4 Å². The number of amides is 1. The Hall–Kier alpha value is -1.40. The van der Waals surface area contributed by atoms with E-state index in [9.17, 15) is 13.2 Å². The lowest BCUT2D eigenvalue weighted by atomic mass is 9.85. The Kier molecular flexibility index (Phi) is 4.04. The van der Waals surface area contributed by atoms with Gasteiger partial charge in [0.2, 0.25) is 15.9 Å². The summed E-state index contributed by atoms with van der Waals surface area (Å²) in [5.41, 5.74) is 1.78. The third kappa shape index (κ3) is 2.47. The number of carbonyl (C=O) groups excluding carboxylic acids is 1. The SMILES string of the molecule is Cc1cc(S(=O)(=O)N2CCCC(C)C2)cc2c1N(C)C(=O)C2(C)C. The van der Waals surface area contributed by atoms with Gasteiger partial charge < -0.3 is 4.90 Å². The molecule has 1 aromatic carbocycles. The molecule has 132 valence electrons. The Morgan fingerprint density at radius 1 is 1.25 bits per heavy atom. The van der Waals surface area contributed by atoms with E-state index in [0.717, 1.165) is 29.7 Å². The van der Waals surface area contributed by atoms with E-state index in [-0.39, 0.29) is 5.91 Å². The van der Waals surface area contributed by atoms with Gasteiger partial charge in [0.15, 0.2) is 0 Å². The van der Waals surface area contributed by atoms with Gasteiger partial charge in [0.05, 0.1) is 16.0 Å². The van der Waals surface area contributed by atoms with Crippen molar-refractivity contribution >= 4 is 21.6 Å². The van der Waals surface area contributed by atoms with Crippen LogP contribution in [0.4, 0.5) is 5.69 Å². The zero-order valence-corrected chi connectivity index (χ0v) is 15.9. The molecule has 0 spiro atoms. The smallest absolute Gasteiger partial charge is 0.243 e. The number of anilines is 1. The number of hydrogen-bond acceptors (Lipinski definition) is 3. The number of hydrogen-bond donors (Lipinski definition) is 0. The minimum atomic E-state index is -3.52. The topological polar surface area (TPSA) is 57.7 Å². The molecule has 1 atom stereocenters. The summed E-state index contributed by atoms with van der Waals surface area (Å²) in [4.78, 5) is 14.5. The summed E-state index contributed by atoms with van der Waals surface area (Å²) in [6.07, 6.45) is 1.97. The average Bonchev–Trinajstić information content (AvgIpc) is 2.68. The van der Waals surface area contributed by atoms with Crippen molar-refractivity contribution < 1.29 is 13.2 Å². The summed E-state index contributed by atoms with van der Waals surface area (Å²) < 4.78 is 27.8. The lowest BCUT2D eigenvalue weighted by molar-refractivity contribution is -0.121. The molecule has 0 aliphatic carbocycles. The molecule has 1 aromatic rings. The van der Waals surface area contributed by atoms with Crippen molar-refractivity contribution in [3.05, 3.63) is 23.3 Å². The number of rotatable bonds is 2. The minimum Gasteiger partial charge on any atom is -0.314 e. The highest BCUT2D eigenvalue weighted by Crippen LogP contribution is 2.44. The molecule has 0 aromatic heterocycles. The number of fused-ring (bicyclic) bond motifs is 1. The monoisotopic (exact) mass is 350 g/mol. The number of likely N-dealkylation sites (N-methyl/N-ethyl adjacent to an activating group) is 1. The molecule has 5 nitrogen and oxygen atoms in total. The van der Waals surface area contributed by atoms with Crippen molar-refractivity contribution in [2.75, 3.05) is 25.0 Å². The maximum absolute atomic E-state index is 13.1. The van der Waals surface area contributed by atoms with E-state index in [0.29, 0.717) is 23.9 Å². The van der Waals surface area contributed by atoms with Crippen LogP contribution in [0, 0.1) is 12.8 Å². The molecule has 0 bridgehead atoms. The Balaban J connectivity index is 2.10. The van der Waals surface area contributed by atoms with Gasteiger partial charge in [-0.1, -0.05) is 6.92 Å². The van der Waals surface area contributed by atoms with Gasteiger partial charge in [-0.25, -0.2) is 8.42 Å². The maximum Gasteiger partial charge on any atom is 0.243 e. The molecule has 2 aliphatic rings. The quantitative estimate of drug-likeness (QED) is 0.824. The molecule has 1 fully saturated rings. The van der Waals surface area contributed by atoms with E-state index >= 15 is 0 Å². The average molecular weight is 350 g/mol. The third-order valence-corrected chi connectivity index (χ3v) is 7.22. The first kappa shape index (κ1) is 17.4. The van der Waals surface area contributed by atoms with E-state index in [1.54, 1.807) is 28.4 Å². The van der Waals surface area contributed by atoms with Crippen LogP contribution in [0.25, 0.3) is 0 Å². The Bertz CT molecular complexity index is 799. The van der Waals surface area contributed by atoms with E-state index in [1.165, 1.54) is 0 Å². The lowest BCUT2D eigenvalue weighted by Gasteiger charge is -2.30. The summed E-state index contributed by atoms with van der Waals surface area (Å²) in [5.74, 6) is 0.384. The second-order valence-electron chi connectivity index (χ2n) is 7.74. The van der Waals surface area contributed by atoms with Gasteiger partial charge >= 0.3 is 0 Å². The van der Waals surface area contributed by atoms with Crippen molar-refractivity contribution in [1.29, 1.82) is 0 Å². The van der Waals surface area contributed by atoms with Crippen molar-refractivity contribution in [2.45, 2.75) is 50.8 Å². The van der Waals surface area contributed by atoms with E-state index in [4.69, 9.17) is 0 Å². The van der Waals surface area contributed by atoms with Gasteiger partial charge in [0.1, 0.15) is 0 Å². The number of piperidine rings is 1. The van der Waals surface area contributed by atoms with Crippen LogP contribution in [-0.2, 0) is 20.2 Å². The molecular weight excluding hydrogens is 324 g/mol. The van der Waals surface area contributed by atoms with Crippen LogP contribution < -0.4 is 4.90 Å². The molecule has 1 saturated heterocycles. The molecule has 0 saturated carbocycles. The summed E-state index contributed by atoms with van der Waals surface area (Å²) >= 11 is 0. The summed E-state index contributed by atoms with van der Waals surface area (Å²) in [6.45, 7) is 8.83. The molecule has 24 heavy (non-hydrogen) atoms. The molecule has 1 amide bonds. The van der Waals surface area contributed by atoms with Gasteiger partial charge in [-0.2, -0.15) is 4.31 Å². The molecule has 1 unspecified atom stereocenters. The highest BCUT2D eigenvalue weighted by atomic mass is 32.2. The van der Waals surface area contributed by atoms with Gasteiger partial charge in [0, 0.05) is 20.1 Å². The molecule has 0 radical (unpaired) electrons. The van der Waals surface area contributed by atoms with Crippen LogP contribution in [-0.4, -0.2) is 38.8 Å². The second kappa shape index (κ2) is 5.56. The summed E-state index contributed by atoms with van der Waals surface area (Å²) in [5, 5.41) is 0. The molecule has 0 N–H and O–H groups in total. The largest absolute Gasteiger partial charge is 0.314 e. The zero-order chi connectivity index (χ0) is 17.9. The van der Waals surface area contributed by atoms with Crippen molar-refractivity contribution in [3.63, 3.8) is 0 Å². The predicted octanol–water partition coefficient (Wildman–Crippen LogP) is 2.67. The van der Waals surface area contributed by atoms with Crippen LogP contribution in [0.5, 0.6) is 0 Å². The van der Waals surface area contributed by atoms with Gasteiger partial charge in [-0.3, -0.25) is 4.79 Å². The van der Waals surface area contributed by atoms with Crippen LogP contribution in [0.2, 0.25) is 0 Å². The van der Waals surface area contributed by atoms with Gasteiger partial charge in [-0.05, 0) is 62.8 Å². The number of nitrogens with zero attached hydrogens (tertiary/aromatic N) is 2. The fraction of sp³-hybridized carbons (Fsp3) is 0.611. The molecular formula is C18H26N2O3S. The van der Waals surface area contributed by atoms with Crippen LogP contribution in [0.1, 0.15) is 44.7 Å². The van der Waals surface area contributed by atoms with Crippen LogP contribution in [0.15, 0.2) is 17.0 Å². The minimum absolute atomic E-state index is 0.00161. The Morgan fingerprint density at radius 2 is 1.92 bits per heavy atom. The number of sulfonamides is 1. The molecule has 2 aliphatic heterocycles. The first-order valence-corrected chi connectivity index (χ1v) is 9.94.